The quantitative estimate of drug-likeness (QED) is 0.728. The number of fused-ring (bicyclic) bond motifs is 1. The molecular weight excluding hydrogens is 354 g/mol. The lowest BCUT2D eigenvalue weighted by Crippen LogP contribution is -2.00. The fourth-order valence-electron chi connectivity index (χ4n) is 1.96. The Labute approximate surface area is 132 Å². The second-order valence-electron chi connectivity index (χ2n) is 4.44. The van der Waals surface area contributed by atoms with Crippen LogP contribution < -0.4 is 5.32 Å². The van der Waals surface area contributed by atoms with Gasteiger partial charge in [0.2, 0.25) is 0 Å². The summed E-state index contributed by atoms with van der Waals surface area (Å²) in [5, 5.41) is 14.3. The van der Waals surface area contributed by atoms with Gasteiger partial charge in [0.05, 0.1) is 15.8 Å². The van der Waals surface area contributed by atoms with Crippen molar-refractivity contribution in [3.63, 3.8) is 0 Å². The fraction of sp³-hybridized carbons (Fsp3) is 0.0714. The molecule has 2 aromatic heterocycles. The van der Waals surface area contributed by atoms with Crippen LogP contribution in [0.4, 0.5) is 11.5 Å². The first kappa shape index (κ1) is 14.0. The van der Waals surface area contributed by atoms with Gasteiger partial charge in [0.1, 0.15) is 6.33 Å². The number of carboxylic acids is 1. The molecule has 0 aliphatic carbocycles. The summed E-state index contributed by atoms with van der Waals surface area (Å²) in [7, 11) is 0. The molecule has 5 nitrogen and oxygen atoms in total. The molecule has 0 unspecified atom stereocenters. The second-order valence-corrected chi connectivity index (χ2v) is 6.18. The number of anilines is 2. The zero-order chi connectivity index (χ0) is 15.0. The third-order valence-corrected chi connectivity index (χ3v) is 4.78. The highest BCUT2D eigenvalue weighted by Crippen LogP contribution is 2.31. The van der Waals surface area contributed by atoms with E-state index in [-0.39, 0.29) is 5.56 Å². The number of aromatic carboxylic acids is 1. The van der Waals surface area contributed by atoms with Gasteiger partial charge in [0.15, 0.2) is 5.82 Å². The molecule has 0 aliphatic heterocycles. The third-order valence-electron chi connectivity index (χ3n) is 2.99. The summed E-state index contributed by atoms with van der Waals surface area (Å²) in [5.74, 6) is -0.304. The van der Waals surface area contributed by atoms with Gasteiger partial charge in [-0.1, -0.05) is 0 Å². The lowest BCUT2D eigenvalue weighted by Gasteiger charge is -2.08. The van der Waals surface area contributed by atoms with E-state index in [1.165, 1.54) is 6.33 Å². The first-order chi connectivity index (χ1) is 10.1. The van der Waals surface area contributed by atoms with Crippen molar-refractivity contribution in [1.29, 1.82) is 0 Å². The van der Waals surface area contributed by atoms with Crippen molar-refractivity contribution in [3.05, 3.63) is 45.5 Å². The maximum absolute atomic E-state index is 11.2. The number of thiophene rings is 1. The number of hydrogen-bond donors (Lipinski definition) is 2. The Morgan fingerprint density at radius 2 is 2.19 bits per heavy atom. The summed E-state index contributed by atoms with van der Waals surface area (Å²) in [6.45, 7) is 2.00. The first-order valence-corrected chi connectivity index (χ1v) is 7.72. The first-order valence-electron chi connectivity index (χ1n) is 6.05. The summed E-state index contributed by atoms with van der Waals surface area (Å²) in [5.41, 5.74) is 2.88. The van der Waals surface area contributed by atoms with Crippen LogP contribution in [-0.2, 0) is 0 Å². The van der Waals surface area contributed by atoms with Crippen molar-refractivity contribution in [2.75, 3.05) is 5.32 Å². The molecule has 0 bridgehead atoms. The van der Waals surface area contributed by atoms with E-state index in [0.717, 1.165) is 15.8 Å². The van der Waals surface area contributed by atoms with Crippen molar-refractivity contribution in [1.82, 2.24) is 9.97 Å². The highest BCUT2D eigenvalue weighted by Gasteiger charge is 2.11. The number of hydrogen-bond acceptors (Lipinski definition) is 5. The van der Waals surface area contributed by atoms with E-state index in [9.17, 15) is 4.79 Å². The number of rotatable bonds is 3. The number of nitrogens with zero attached hydrogens (tertiary/aromatic N) is 2. The Balaban J connectivity index is 2.03. The molecule has 2 N–H and O–H groups in total. The Kier molecular flexibility index (Phi) is 3.60. The molecule has 1 aromatic carbocycles. The lowest BCUT2D eigenvalue weighted by molar-refractivity contribution is 0.0696. The van der Waals surface area contributed by atoms with Crippen LogP contribution in [0, 0.1) is 6.92 Å². The molecule has 0 saturated heterocycles. The summed E-state index contributed by atoms with van der Waals surface area (Å²) in [6.07, 6.45) is 1.50. The highest BCUT2D eigenvalue weighted by atomic mass is 79.9. The van der Waals surface area contributed by atoms with Gasteiger partial charge >= 0.3 is 5.97 Å². The molecule has 2 heterocycles. The Morgan fingerprint density at radius 1 is 1.38 bits per heavy atom. The monoisotopic (exact) mass is 363 g/mol. The molecule has 0 radical (unpaired) electrons. The van der Waals surface area contributed by atoms with Crippen LogP contribution in [0.25, 0.3) is 10.2 Å². The van der Waals surface area contributed by atoms with Crippen LogP contribution in [0.5, 0.6) is 0 Å². The zero-order valence-electron chi connectivity index (χ0n) is 10.9. The molecular formula is C14H10BrN3O2S. The second kappa shape index (κ2) is 5.42. The minimum Gasteiger partial charge on any atom is -0.478 e. The van der Waals surface area contributed by atoms with Gasteiger partial charge in [-0.15, -0.1) is 11.3 Å². The molecule has 0 saturated carbocycles. The number of benzene rings is 1. The normalized spacial score (nSPS) is 10.8. The average molecular weight is 364 g/mol. The minimum absolute atomic E-state index is 0.202. The van der Waals surface area contributed by atoms with Crippen molar-refractivity contribution in [2.45, 2.75) is 6.92 Å². The summed E-state index contributed by atoms with van der Waals surface area (Å²) in [6, 6.07) is 5.07. The maximum atomic E-state index is 11.2. The van der Waals surface area contributed by atoms with E-state index in [1.807, 2.05) is 12.3 Å². The van der Waals surface area contributed by atoms with Gasteiger partial charge in [0.25, 0.3) is 0 Å². The van der Waals surface area contributed by atoms with Crippen LogP contribution in [-0.4, -0.2) is 21.0 Å². The number of carbonyl (C=O) groups is 1. The standard InChI is InChI=1S/C14H10BrN3O2S/c1-7-5-21-12-11(7)16-6-17-13(12)18-8-2-3-10(15)9(4-8)14(19)20/h2-6H,1H3,(H,19,20)(H,16,17,18). The molecule has 0 fully saturated rings. The van der Waals surface area contributed by atoms with Gasteiger partial charge in [-0.05, 0) is 52.0 Å². The molecule has 3 aromatic rings. The third kappa shape index (κ3) is 2.62. The number of halogens is 1. The highest BCUT2D eigenvalue weighted by molar-refractivity contribution is 9.10. The molecule has 21 heavy (non-hydrogen) atoms. The molecule has 106 valence electrons. The van der Waals surface area contributed by atoms with Crippen LogP contribution in [0.3, 0.4) is 0 Å². The molecule has 3 rings (SSSR count). The molecule has 0 spiro atoms. The smallest absolute Gasteiger partial charge is 0.336 e. The number of aryl methyl sites for hydroxylation is 1. The Bertz CT molecular complexity index is 847. The van der Waals surface area contributed by atoms with Crippen LogP contribution in [0.1, 0.15) is 15.9 Å². The summed E-state index contributed by atoms with van der Waals surface area (Å²) >= 11 is 4.79. The van der Waals surface area contributed by atoms with E-state index in [1.54, 1.807) is 29.5 Å². The fourth-order valence-corrected chi connectivity index (χ4v) is 3.33. The predicted octanol–water partition coefficient (Wildman–Crippen LogP) is 4.20. The van der Waals surface area contributed by atoms with Crippen molar-refractivity contribution >= 4 is 55.0 Å². The van der Waals surface area contributed by atoms with Crippen LogP contribution >= 0.6 is 27.3 Å². The van der Waals surface area contributed by atoms with Crippen LogP contribution in [0.15, 0.2) is 34.4 Å². The van der Waals surface area contributed by atoms with E-state index >= 15 is 0 Å². The van der Waals surface area contributed by atoms with E-state index < -0.39 is 5.97 Å². The molecule has 0 aliphatic rings. The largest absolute Gasteiger partial charge is 0.478 e. The molecule has 0 amide bonds. The van der Waals surface area contributed by atoms with Gasteiger partial charge in [-0.2, -0.15) is 0 Å². The number of carboxylic acid groups (broad SMARTS) is 1. The maximum Gasteiger partial charge on any atom is 0.336 e. The predicted molar refractivity (Wildman–Crippen MR) is 86.5 cm³/mol. The number of nitrogens with one attached hydrogen (secondary N) is 1. The molecule has 7 heteroatoms. The SMILES string of the molecule is Cc1csc2c(Nc3ccc(Br)c(C(=O)O)c3)ncnc12. The van der Waals surface area contributed by atoms with E-state index in [2.05, 4.69) is 31.2 Å². The molecule has 0 atom stereocenters. The van der Waals surface area contributed by atoms with E-state index in [0.29, 0.717) is 16.0 Å². The van der Waals surface area contributed by atoms with E-state index in [4.69, 9.17) is 5.11 Å². The zero-order valence-corrected chi connectivity index (χ0v) is 13.3. The Hall–Kier alpha value is -1.99. The van der Waals surface area contributed by atoms with Gasteiger partial charge in [0, 0.05) is 10.2 Å². The van der Waals surface area contributed by atoms with Gasteiger partial charge in [-0.25, -0.2) is 14.8 Å². The van der Waals surface area contributed by atoms with Crippen LogP contribution in [0.2, 0.25) is 0 Å². The summed E-state index contributed by atoms with van der Waals surface area (Å²) < 4.78 is 1.50. The van der Waals surface area contributed by atoms with Gasteiger partial charge < -0.3 is 10.4 Å². The average Bonchev–Trinajstić information content (AvgIpc) is 2.84. The topological polar surface area (TPSA) is 75.1 Å². The van der Waals surface area contributed by atoms with Crippen molar-refractivity contribution in [3.8, 4) is 0 Å². The Morgan fingerprint density at radius 3 is 2.95 bits per heavy atom. The minimum atomic E-state index is -0.981. The lowest BCUT2D eigenvalue weighted by atomic mass is 10.2. The van der Waals surface area contributed by atoms with Gasteiger partial charge in [-0.3, -0.25) is 0 Å². The number of aromatic nitrogens is 2. The van der Waals surface area contributed by atoms with Crippen molar-refractivity contribution < 1.29 is 9.90 Å². The van der Waals surface area contributed by atoms with Crippen molar-refractivity contribution in [2.24, 2.45) is 0 Å². The summed E-state index contributed by atoms with van der Waals surface area (Å²) in [4.78, 5) is 19.7.